The number of nitrogens with zero attached hydrogens (tertiary/aromatic N) is 4. The molecule has 1 aromatic heterocycles. The van der Waals surface area contributed by atoms with Gasteiger partial charge in [0.2, 0.25) is 0 Å². The maximum Gasteiger partial charge on any atom is 0.118 e. The summed E-state index contributed by atoms with van der Waals surface area (Å²) in [5, 5.41) is 3.98. The van der Waals surface area contributed by atoms with Gasteiger partial charge in [0.05, 0.1) is 23.4 Å². The van der Waals surface area contributed by atoms with Gasteiger partial charge < -0.3 is 0 Å². The molecule has 0 bridgehead atoms. The van der Waals surface area contributed by atoms with E-state index in [0.29, 0.717) is 0 Å². The molecule has 0 N–H and O–H groups in total. The number of aromatic nitrogens is 2. The Morgan fingerprint density at radius 3 is 3.00 bits per heavy atom. The Morgan fingerprint density at radius 2 is 2.23 bits per heavy atom. The summed E-state index contributed by atoms with van der Waals surface area (Å²) < 4.78 is 1.59. The van der Waals surface area contributed by atoms with E-state index in [0.717, 1.165) is 11.0 Å². The van der Waals surface area contributed by atoms with Crippen LogP contribution in [-0.4, -0.2) is 16.7 Å². The molecule has 0 spiro atoms. The molecular formula is C8H8N4O. The van der Waals surface area contributed by atoms with Crippen molar-refractivity contribution in [3.8, 4) is 0 Å². The van der Waals surface area contributed by atoms with Crippen molar-refractivity contribution in [2.24, 2.45) is 5.29 Å². The lowest BCUT2D eigenvalue weighted by atomic mass is 10.3. The van der Waals surface area contributed by atoms with Gasteiger partial charge in [0.25, 0.3) is 0 Å². The molecule has 0 fully saturated rings. The molecule has 0 saturated carbocycles. The van der Waals surface area contributed by atoms with Gasteiger partial charge in [-0.25, -0.2) is 9.66 Å². The molecule has 2 rings (SSSR count). The summed E-state index contributed by atoms with van der Waals surface area (Å²) >= 11 is 0. The fourth-order valence-electron chi connectivity index (χ4n) is 1.22. The van der Waals surface area contributed by atoms with Crippen molar-refractivity contribution in [3.05, 3.63) is 35.5 Å². The Bertz CT molecular complexity index is 436. The van der Waals surface area contributed by atoms with E-state index in [1.807, 2.05) is 24.3 Å². The highest BCUT2D eigenvalue weighted by Crippen LogP contribution is 2.11. The maximum absolute atomic E-state index is 10.3. The third-order valence-electron chi connectivity index (χ3n) is 1.86. The van der Waals surface area contributed by atoms with Crippen molar-refractivity contribution < 1.29 is 0 Å². The molecule has 1 aromatic carbocycles. The van der Waals surface area contributed by atoms with E-state index >= 15 is 0 Å². The number of para-hydroxylation sites is 2. The van der Waals surface area contributed by atoms with Gasteiger partial charge in [-0.2, -0.15) is 5.12 Å². The van der Waals surface area contributed by atoms with Crippen LogP contribution >= 0.6 is 0 Å². The predicted octanol–water partition coefficient (Wildman–Crippen LogP) is 1.29. The van der Waals surface area contributed by atoms with Crippen LogP contribution in [0.25, 0.3) is 11.0 Å². The van der Waals surface area contributed by atoms with Crippen LogP contribution in [0, 0.1) is 4.91 Å². The number of hydrogen-bond acceptors (Lipinski definition) is 3. The van der Waals surface area contributed by atoms with Gasteiger partial charge in [0, 0.05) is 0 Å². The highest BCUT2D eigenvalue weighted by Gasteiger charge is 2.04. The van der Waals surface area contributed by atoms with Crippen LogP contribution in [0.3, 0.4) is 0 Å². The number of benzene rings is 1. The first-order valence-corrected chi connectivity index (χ1v) is 3.82. The van der Waals surface area contributed by atoms with E-state index in [4.69, 9.17) is 0 Å². The molecule has 0 saturated heterocycles. The Labute approximate surface area is 74.5 Å². The van der Waals surface area contributed by atoms with E-state index in [9.17, 15) is 4.91 Å². The Hall–Kier alpha value is -1.91. The normalized spacial score (nSPS) is 10.2. The van der Waals surface area contributed by atoms with Crippen molar-refractivity contribution in [2.75, 3.05) is 12.2 Å². The molecule has 0 aliphatic carbocycles. The van der Waals surface area contributed by atoms with Gasteiger partial charge in [-0.05, 0) is 12.1 Å². The summed E-state index contributed by atoms with van der Waals surface area (Å²) in [5.74, 6) is 0. The minimum Gasteiger partial charge on any atom is -0.235 e. The minimum atomic E-state index is 0.845. The zero-order valence-corrected chi connectivity index (χ0v) is 7.08. The van der Waals surface area contributed by atoms with Crippen LogP contribution in [-0.2, 0) is 0 Å². The first-order chi connectivity index (χ1) is 6.33. The fraction of sp³-hybridized carbons (Fsp3) is 0.125. The number of imidazole rings is 1. The highest BCUT2D eigenvalue weighted by atomic mass is 16.3. The predicted molar refractivity (Wildman–Crippen MR) is 49.7 cm³/mol. The third kappa shape index (κ3) is 1.14. The second kappa shape index (κ2) is 2.85. The molecule has 5 nitrogen and oxygen atoms in total. The Kier molecular flexibility index (Phi) is 1.70. The molecule has 0 radical (unpaired) electrons. The molecule has 66 valence electrons. The topological polar surface area (TPSA) is 50.5 Å². The van der Waals surface area contributed by atoms with Crippen LogP contribution in [0.2, 0.25) is 0 Å². The fourth-order valence-corrected chi connectivity index (χ4v) is 1.22. The summed E-state index contributed by atoms with van der Waals surface area (Å²) in [7, 11) is 1.57. The van der Waals surface area contributed by atoms with Crippen LogP contribution in [0.1, 0.15) is 0 Å². The van der Waals surface area contributed by atoms with Crippen LogP contribution < -0.4 is 5.12 Å². The lowest BCUT2D eigenvalue weighted by molar-refractivity contribution is 0.696. The average molecular weight is 176 g/mol. The van der Waals surface area contributed by atoms with E-state index in [-0.39, 0.29) is 0 Å². The second-order valence-corrected chi connectivity index (χ2v) is 2.65. The lowest BCUT2D eigenvalue weighted by Crippen LogP contribution is -2.21. The van der Waals surface area contributed by atoms with Crippen LogP contribution in [0.15, 0.2) is 35.9 Å². The SMILES string of the molecule is CN(N=O)n1cnc2ccccc21. The summed E-state index contributed by atoms with van der Waals surface area (Å²) in [6.45, 7) is 0. The first-order valence-electron chi connectivity index (χ1n) is 3.82. The van der Waals surface area contributed by atoms with Gasteiger partial charge in [-0.15, -0.1) is 4.91 Å². The molecule has 0 aliphatic heterocycles. The van der Waals surface area contributed by atoms with Gasteiger partial charge >= 0.3 is 0 Å². The zero-order valence-electron chi connectivity index (χ0n) is 7.08. The number of fused-ring (bicyclic) bond motifs is 1. The third-order valence-corrected chi connectivity index (χ3v) is 1.86. The number of hydrogen-bond donors (Lipinski definition) is 0. The van der Waals surface area contributed by atoms with Gasteiger partial charge in [-0.1, -0.05) is 12.1 Å². The maximum atomic E-state index is 10.3. The number of nitroso groups, excluding NO2 is 1. The van der Waals surface area contributed by atoms with Crippen molar-refractivity contribution in [1.29, 1.82) is 0 Å². The summed E-state index contributed by atoms with van der Waals surface area (Å²) in [4.78, 5) is 14.4. The smallest absolute Gasteiger partial charge is 0.118 e. The molecule has 1 heterocycles. The van der Waals surface area contributed by atoms with Crippen molar-refractivity contribution in [2.45, 2.75) is 0 Å². The Balaban J connectivity index is 2.64. The van der Waals surface area contributed by atoms with Gasteiger partial charge in [0.1, 0.15) is 6.33 Å². The molecule has 2 aromatic rings. The van der Waals surface area contributed by atoms with E-state index in [1.165, 1.54) is 5.12 Å². The molecular weight excluding hydrogens is 168 g/mol. The van der Waals surface area contributed by atoms with Crippen molar-refractivity contribution in [1.82, 2.24) is 9.66 Å². The molecule has 13 heavy (non-hydrogen) atoms. The second-order valence-electron chi connectivity index (χ2n) is 2.65. The van der Waals surface area contributed by atoms with Gasteiger partial charge in [0.15, 0.2) is 0 Å². The van der Waals surface area contributed by atoms with E-state index < -0.39 is 0 Å². The molecule has 0 unspecified atom stereocenters. The molecule has 0 atom stereocenters. The monoisotopic (exact) mass is 176 g/mol. The zero-order chi connectivity index (χ0) is 9.26. The quantitative estimate of drug-likeness (QED) is 0.511. The summed E-state index contributed by atoms with van der Waals surface area (Å²) in [6, 6.07) is 7.54. The molecule has 5 heteroatoms. The largest absolute Gasteiger partial charge is 0.235 e. The molecule has 0 amide bonds. The van der Waals surface area contributed by atoms with Gasteiger partial charge in [-0.3, -0.25) is 0 Å². The first kappa shape index (κ1) is 7.72. The van der Waals surface area contributed by atoms with E-state index in [2.05, 4.69) is 10.3 Å². The van der Waals surface area contributed by atoms with Crippen LogP contribution in [0.5, 0.6) is 0 Å². The highest BCUT2D eigenvalue weighted by molar-refractivity contribution is 5.75. The van der Waals surface area contributed by atoms with Crippen LogP contribution in [0.4, 0.5) is 0 Å². The average Bonchev–Trinajstić information content (AvgIpc) is 2.60. The lowest BCUT2D eigenvalue weighted by Gasteiger charge is -2.09. The standard InChI is InChI=1S/C8H8N4O/c1-11(10-13)12-6-9-7-4-2-3-5-8(7)12/h2-6H,1H3. The van der Waals surface area contributed by atoms with Crippen molar-refractivity contribution >= 4 is 11.0 Å². The summed E-state index contributed by atoms with van der Waals surface area (Å²) in [6.07, 6.45) is 1.56. The Morgan fingerprint density at radius 1 is 1.46 bits per heavy atom. The summed E-state index contributed by atoms with van der Waals surface area (Å²) in [5.41, 5.74) is 1.71. The van der Waals surface area contributed by atoms with Crippen molar-refractivity contribution in [3.63, 3.8) is 0 Å². The number of rotatable bonds is 2. The van der Waals surface area contributed by atoms with E-state index in [1.54, 1.807) is 18.1 Å². The minimum absolute atomic E-state index is 0.845. The molecule has 0 aliphatic rings.